The number of amides is 2. The number of nitrogens with zero attached hydrogens (tertiary/aromatic N) is 3. The van der Waals surface area contributed by atoms with Gasteiger partial charge in [-0.2, -0.15) is 13.9 Å². The number of urea groups is 1. The van der Waals surface area contributed by atoms with Gasteiger partial charge in [-0.25, -0.2) is 9.78 Å². The molecule has 0 bridgehead atoms. The van der Waals surface area contributed by atoms with Gasteiger partial charge < -0.3 is 15.4 Å². The molecule has 0 radical (unpaired) electrons. The van der Waals surface area contributed by atoms with E-state index in [0.717, 1.165) is 11.1 Å². The van der Waals surface area contributed by atoms with E-state index in [-0.39, 0.29) is 12.3 Å². The highest BCUT2D eigenvalue weighted by atomic mass is 19.3. The highest BCUT2D eigenvalue weighted by Gasteiger charge is 2.11. The van der Waals surface area contributed by atoms with E-state index in [2.05, 4.69) is 25.5 Å². The smallest absolute Gasteiger partial charge is 0.387 e. The van der Waals surface area contributed by atoms with Crippen molar-refractivity contribution in [1.29, 1.82) is 0 Å². The van der Waals surface area contributed by atoms with Crippen molar-refractivity contribution in [3.05, 3.63) is 47.8 Å². The Morgan fingerprint density at radius 1 is 1.35 bits per heavy atom. The van der Waals surface area contributed by atoms with E-state index >= 15 is 0 Å². The maximum atomic E-state index is 12.4. The topological polar surface area (TPSA) is 81.1 Å². The van der Waals surface area contributed by atoms with Crippen LogP contribution in [0.2, 0.25) is 0 Å². The summed E-state index contributed by atoms with van der Waals surface area (Å²) < 4.78 is 30.9. The predicted octanol–water partition coefficient (Wildman–Crippen LogP) is 3.20. The fraction of sp³-hybridized carbons (Fsp3) is 0.235. The Labute approximate surface area is 148 Å². The summed E-state index contributed by atoms with van der Waals surface area (Å²) in [6.45, 7) is -1.03. The molecule has 0 fully saturated rings. The summed E-state index contributed by atoms with van der Waals surface area (Å²) >= 11 is 0. The molecule has 3 aromatic rings. The molecule has 0 aliphatic rings. The Morgan fingerprint density at radius 3 is 2.88 bits per heavy atom. The first-order chi connectivity index (χ1) is 12.4. The lowest BCUT2D eigenvalue weighted by atomic mass is 10.2. The number of benzene rings is 1. The summed E-state index contributed by atoms with van der Waals surface area (Å²) in [6.07, 6.45) is 1.52. The van der Waals surface area contributed by atoms with E-state index in [0.29, 0.717) is 16.9 Å². The summed E-state index contributed by atoms with van der Waals surface area (Å²) in [7, 11) is 1.79. The van der Waals surface area contributed by atoms with Crippen LogP contribution in [0.15, 0.2) is 36.5 Å². The van der Waals surface area contributed by atoms with Gasteiger partial charge in [-0.15, -0.1) is 0 Å². The van der Waals surface area contributed by atoms with Crippen molar-refractivity contribution in [3.8, 4) is 5.75 Å². The fourth-order valence-electron chi connectivity index (χ4n) is 2.59. The van der Waals surface area contributed by atoms with Crippen LogP contribution in [0, 0.1) is 6.92 Å². The molecule has 0 saturated carbocycles. The number of rotatable bonds is 5. The van der Waals surface area contributed by atoms with Crippen LogP contribution in [-0.4, -0.2) is 27.4 Å². The monoisotopic (exact) mass is 361 g/mol. The highest BCUT2D eigenvalue weighted by molar-refractivity contribution is 5.92. The second-order valence-corrected chi connectivity index (χ2v) is 5.60. The van der Waals surface area contributed by atoms with Gasteiger partial charge in [-0.05, 0) is 19.1 Å². The Morgan fingerprint density at radius 2 is 2.12 bits per heavy atom. The van der Waals surface area contributed by atoms with Gasteiger partial charge >= 0.3 is 12.6 Å². The number of carbonyl (C=O) groups is 1. The summed E-state index contributed by atoms with van der Waals surface area (Å²) in [5, 5.41) is 10.4. The molecule has 2 N–H and O–H groups in total. The number of aromatic nitrogens is 3. The number of halogens is 2. The zero-order valence-corrected chi connectivity index (χ0v) is 14.2. The number of fused-ring (bicyclic) bond motifs is 1. The van der Waals surface area contributed by atoms with E-state index in [1.165, 1.54) is 12.3 Å². The van der Waals surface area contributed by atoms with Gasteiger partial charge in [-0.1, -0.05) is 18.2 Å². The average molecular weight is 361 g/mol. The zero-order valence-electron chi connectivity index (χ0n) is 14.2. The summed E-state index contributed by atoms with van der Waals surface area (Å²) in [4.78, 5) is 16.4. The Kier molecular flexibility index (Phi) is 4.97. The molecule has 26 heavy (non-hydrogen) atoms. The SMILES string of the molecule is Cc1nn(C)c2ncc(NC(=O)NCc3ccccc3OC(F)F)cc12. The van der Waals surface area contributed by atoms with Crippen LogP contribution >= 0.6 is 0 Å². The maximum Gasteiger partial charge on any atom is 0.387 e. The molecule has 2 amide bonds. The summed E-state index contributed by atoms with van der Waals surface area (Å²) in [5.74, 6) is 0.0249. The molecular formula is C17H17F2N5O2. The van der Waals surface area contributed by atoms with Gasteiger partial charge in [0.1, 0.15) is 5.75 Å². The van der Waals surface area contributed by atoms with Gasteiger partial charge in [0.25, 0.3) is 0 Å². The quantitative estimate of drug-likeness (QED) is 0.731. The number of aryl methyl sites for hydroxylation is 2. The van der Waals surface area contributed by atoms with Crippen molar-refractivity contribution in [2.75, 3.05) is 5.32 Å². The van der Waals surface area contributed by atoms with Gasteiger partial charge in [0.05, 0.1) is 17.6 Å². The normalized spacial score (nSPS) is 11.0. The number of ether oxygens (including phenoxy) is 1. The predicted molar refractivity (Wildman–Crippen MR) is 92.2 cm³/mol. The van der Waals surface area contributed by atoms with Gasteiger partial charge in [0, 0.05) is 24.5 Å². The third kappa shape index (κ3) is 3.88. The van der Waals surface area contributed by atoms with E-state index in [4.69, 9.17) is 0 Å². The lowest BCUT2D eigenvalue weighted by Crippen LogP contribution is -2.28. The van der Waals surface area contributed by atoms with E-state index in [1.807, 2.05) is 6.92 Å². The van der Waals surface area contributed by atoms with E-state index < -0.39 is 12.6 Å². The molecule has 2 aromatic heterocycles. The molecule has 0 saturated heterocycles. The third-order valence-corrected chi connectivity index (χ3v) is 3.75. The molecule has 7 nitrogen and oxygen atoms in total. The van der Waals surface area contributed by atoms with Crippen molar-refractivity contribution < 1.29 is 18.3 Å². The molecule has 0 aliphatic carbocycles. The van der Waals surface area contributed by atoms with Crippen LogP contribution in [0.25, 0.3) is 11.0 Å². The highest BCUT2D eigenvalue weighted by Crippen LogP contribution is 2.21. The number of hydrogen-bond donors (Lipinski definition) is 2. The fourth-order valence-corrected chi connectivity index (χ4v) is 2.59. The Hall–Kier alpha value is -3.23. The molecule has 3 rings (SSSR count). The van der Waals surface area contributed by atoms with Crippen LogP contribution in [-0.2, 0) is 13.6 Å². The first-order valence-corrected chi connectivity index (χ1v) is 7.81. The number of carbonyl (C=O) groups excluding carboxylic acids is 1. The number of anilines is 1. The van der Waals surface area contributed by atoms with E-state index in [1.54, 1.807) is 36.0 Å². The van der Waals surface area contributed by atoms with Crippen molar-refractivity contribution in [2.45, 2.75) is 20.1 Å². The molecule has 9 heteroatoms. The molecule has 1 aromatic carbocycles. The van der Waals surface area contributed by atoms with Gasteiger partial charge in [0.2, 0.25) is 0 Å². The van der Waals surface area contributed by atoms with Gasteiger partial charge in [-0.3, -0.25) is 4.68 Å². The van der Waals surface area contributed by atoms with Crippen molar-refractivity contribution >= 4 is 22.8 Å². The first-order valence-electron chi connectivity index (χ1n) is 7.81. The lowest BCUT2D eigenvalue weighted by Gasteiger charge is -2.12. The van der Waals surface area contributed by atoms with Crippen molar-refractivity contribution in [2.24, 2.45) is 7.05 Å². The van der Waals surface area contributed by atoms with E-state index in [9.17, 15) is 13.6 Å². The molecule has 2 heterocycles. The molecule has 0 atom stereocenters. The largest absolute Gasteiger partial charge is 0.434 e. The van der Waals surface area contributed by atoms with Crippen LogP contribution in [0.4, 0.5) is 19.3 Å². The van der Waals surface area contributed by atoms with Gasteiger partial charge in [0.15, 0.2) is 5.65 Å². The number of hydrogen-bond acceptors (Lipinski definition) is 4. The van der Waals surface area contributed by atoms with Crippen LogP contribution in [0.3, 0.4) is 0 Å². The average Bonchev–Trinajstić information content (AvgIpc) is 2.87. The zero-order chi connectivity index (χ0) is 18.7. The van der Waals surface area contributed by atoms with Crippen molar-refractivity contribution in [3.63, 3.8) is 0 Å². The molecule has 136 valence electrons. The second kappa shape index (κ2) is 7.34. The third-order valence-electron chi connectivity index (χ3n) is 3.75. The second-order valence-electron chi connectivity index (χ2n) is 5.60. The summed E-state index contributed by atoms with van der Waals surface area (Å²) in [5.41, 5.74) is 2.46. The molecular weight excluding hydrogens is 344 g/mol. The van der Waals surface area contributed by atoms with Crippen LogP contribution in [0.5, 0.6) is 5.75 Å². The molecule has 0 spiro atoms. The number of pyridine rings is 1. The first kappa shape index (κ1) is 17.6. The Balaban J connectivity index is 1.66. The lowest BCUT2D eigenvalue weighted by molar-refractivity contribution is -0.0504. The van der Waals surface area contributed by atoms with Crippen LogP contribution < -0.4 is 15.4 Å². The minimum absolute atomic E-state index is 0.0249. The number of nitrogens with one attached hydrogen (secondary N) is 2. The maximum absolute atomic E-state index is 12.4. The number of para-hydroxylation sites is 1. The molecule has 0 aliphatic heterocycles. The molecule has 0 unspecified atom stereocenters. The number of alkyl halides is 2. The van der Waals surface area contributed by atoms with Crippen molar-refractivity contribution in [1.82, 2.24) is 20.1 Å². The summed E-state index contributed by atoms with van der Waals surface area (Å²) in [6, 6.07) is 7.57. The minimum atomic E-state index is -2.93. The Bertz CT molecular complexity index is 942. The standard InChI is InChI=1S/C17H17F2N5O2/c1-10-13-7-12(9-20-15(13)24(2)23-10)22-17(25)21-8-11-5-3-4-6-14(11)26-16(18)19/h3-7,9,16H,8H2,1-2H3,(H2,21,22,25). The minimum Gasteiger partial charge on any atom is -0.434 e. The van der Waals surface area contributed by atoms with Crippen LogP contribution in [0.1, 0.15) is 11.3 Å².